The Bertz CT molecular complexity index is 909. The first-order chi connectivity index (χ1) is 13.6. The number of rotatable bonds is 5. The Morgan fingerprint density at radius 2 is 1.61 bits per heavy atom. The summed E-state index contributed by atoms with van der Waals surface area (Å²) in [5.41, 5.74) is 0.832. The van der Waals surface area contributed by atoms with Crippen molar-refractivity contribution in [2.24, 2.45) is 5.10 Å². The van der Waals surface area contributed by atoms with Gasteiger partial charge in [-0.25, -0.2) is 8.42 Å². The molecule has 2 fully saturated rings. The fraction of sp³-hybridized carbons (Fsp3) is 0.450. The Labute approximate surface area is 165 Å². The van der Waals surface area contributed by atoms with Gasteiger partial charge in [-0.2, -0.15) is 9.41 Å². The van der Waals surface area contributed by atoms with Gasteiger partial charge in [0.05, 0.1) is 24.3 Å². The smallest absolute Gasteiger partial charge is 0.243 e. The van der Waals surface area contributed by atoms with Gasteiger partial charge in [-0.3, -0.25) is 5.01 Å². The van der Waals surface area contributed by atoms with E-state index in [2.05, 4.69) is 10.1 Å². The van der Waals surface area contributed by atoms with E-state index in [0.717, 1.165) is 18.7 Å². The zero-order chi connectivity index (χ0) is 19.4. The fourth-order valence-electron chi connectivity index (χ4n) is 3.44. The average Bonchev–Trinajstić information content (AvgIpc) is 3.23. The van der Waals surface area contributed by atoms with Crippen molar-refractivity contribution in [1.29, 1.82) is 0 Å². The number of hydrogen-bond acceptors (Lipinski definition) is 6. The minimum absolute atomic E-state index is 0.289. The number of hydrogen-bond donors (Lipinski definition) is 0. The standard InChI is InChI=1S/C20H25N3O4S/c24-28(25,23-12-14-26-15-13-23)19-7-4-17(5-8-19)20-9-6-18(27-20)16-21-22-10-2-1-3-11-22/h4-9,16H,1-3,10-15H2/b21-16-. The molecular weight excluding hydrogens is 378 g/mol. The number of nitrogens with zero attached hydrogens (tertiary/aromatic N) is 3. The Balaban J connectivity index is 1.45. The van der Waals surface area contributed by atoms with Gasteiger partial charge in [0, 0.05) is 31.7 Å². The van der Waals surface area contributed by atoms with Crippen LogP contribution in [0.2, 0.25) is 0 Å². The number of sulfonamides is 1. The summed E-state index contributed by atoms with van der Waals surface area (Å²) in [5, 5.41) is 6.54. The Morgan fingerprint density at radius 3 is 2.32 bits per heavy atom. The van der Waals surface area contributed by atoms with Crippen molar-refractivity contribution in [1.82, 2.24) is 9.31 Å². The molecule has 0 saturated carbocycles. The second-order valence-corrected chi connectivity index (χ2v) is 8.94. The zero-order valence-corrected chi connectivity index (χ0v) is 16.6. The lowest BCUT2D eigenvalue weighted by Gasteiger charge is -2.26. The maximum atomic E-state index is 12.7. The van der Waals surface area contributed by atoms with Crippen LogP contribution in [0, 0.1) is 0 Å². The van der Waals surface area contributed by atoms with Gasteiger partial charge < -0.3 is 9.15 Å². The van der Waals surface area contributed by atoms with Crippen molar-refractivity contribution in [2.75, 3.05) is 39.4 Å². The summed E-state index contributed by atoms with van der Waals surface area (Å²) < 4.78 is 38.0. The second-order valence-electron chi connectivity index (χ2n) is 7.00. The zero-order valence-electron chi connectivity index (χ0n) is 15.8. The second kappa shape index (κ2) is 8.46. The highest BCUT2D eigenvalue weighted by Crippen LogP contribution is 2.25. The Morgan fingerprint density at radius 1 is 0.893 bits per heavy atom. The SMILES string of the molecule is O=S(=O)(c1ccc(-c2ccc(/C=N\N3CCCCC3)o2)cc1)N1CCOCC1. The molecule has 2 saturated heterocycles. The first-order valence-corrected chi connectivity index (χ1v) is 11.1. The summed E-state index contributed by atoms with van der Waals surface area (Å²) in [6.45, 7) is 3.63. The van der Waals surface area contributed by atoms with E-state index < -0.39 is 10.0 Å². The maximum Gasteiger partial charge on any atom is 0.243 e. The van der Waals surface area contributed by atoms with E-state index in [1.54, 1.807) is 30.5 Å². The van der Waals surface area contributed by atoms with Crippen molar-refractivity contribution in [3.8, 4) is 11.3 Å². The number of hydrazone groups is 1. The normalized spacial score (nSPS) is 19.4. The van der Waals surface area contributed by atoms with Crippen molar-refractivity contribution < 1.29 is 17.6 Å². The molecule has 0 radical (unpaired) electrons. The molecule has 7 nitrogen and oxygen atoms in total. The lowest BCUT2D eigenvalue weighted by Crippen LogP contribution is -2.40. The van der Waals surface area contributed by atoms with Crippen molar-refractivity contribution in [3.63, 3.8) is 0 Å². The molecule has 2 aliphatic heterocycles. The minimum Gasteiger partial charge on any atom is -0.455 e. The Hall–Kier alpha value is -2.16. The summed E-state index contributed by atoms with van der Waals surface area (Å²) in [4.78, 5) is 0.289. The summed E-state index contributed by atoms with van der Waals surface area (Å²) >= 11 is 0. The van der Waals surface area contributed by atoms with Crippen LogP contribution < -0.4 is 0 Å². The lowest BCUT2D eigenvalue weighted by molar-refractivity contribution is 0.0730. The molecule has 3 heterocycles. The van der Waals surface area contributed by atoms with Crippen LogP contribution >= 0.6 is 0 Å². The van der Waals surface area contributed by atoms with Gasteiger partial charge in [-0.05, 0) is 55.7 Å². The number of benzene rings is 1. The molecule has 0 unspecified atom stereocenters. The monoisotopic (exact) mass is 403 g/mol. The van der Waals surface area contributed by atoms with Crippen LogP contribution in [0.5, 0.6) is 0 Å². The van der Waals surface area contributed by atoms with E-state index >= 15 is 0 Å². The van der Waals surface area contributed by atoms with Crippen LogP contribution in [0.1, 0.15) is 25.0 Å². The third-order valence-corrected chi connectivity index (χ3v) is 6.97. The molecule has 28 heavy (non-hydrogen) atoms. The molecule has 4 rings (SSSR count). The van der Waals surface area contributed by atoms with Gasteiger partial charge in [0.1, 0.15) is 11.5 Å². The number of ether oxygens (including phenoxy) is 1. The summed E-state index contributed by atoms with van der Waals surface area (Å²) in [7, 11) is -3.48. The quantitative estimate of drug-likeness (QED) is 0.718. The largest absolute Gasteiger partial charge is 0.455 e. The predicted molar refractivity (Wildman–Crippen MR) is 107 cm³/mol. The number of piperidine rings is 1. The molecule has 1 aromatic heterocycles. The van der Waals surface area contributed by atoms with Crippen LogP contribution in [0.25, 0.3) is 11.3 Å². The van der Waals surface area contributed by atoms with Gasteiger partial charge >= 0.3 is 0 Å². The van der Waals surface area contributed by atoms with E-state index in [1.165, 1.54) is 23.6 Å². The highest BCUT2D eigenvalue weighted by molar-refractivity contribution is 7.89. The molecule has 1 aromatic carbocycles. The number of morpholine rings is 1. The third kappa shape index (κ3) is 4.29. The van der Waals surface area contributed by atoms with Crippen molar-refractivity contribution in [2.45, 2.75) is 24.2 Å². The third-order valence-electron chi connectivity index (χ3n) is 5.05. The van der Waals surface area contributed by atoms with Crippen LogP contribution in [-0.2, 0) is 14.8 Å². The predicted octanol–water partition coefficient (Wildman–Crippen LogP) is 2.79. The van der Waals surface area contributed by atoms with E-state index in [0.29, 0.717) is 37.8 Å². The van der Waals surface area contributed by atoms with E-state index in [9.17, 15) is 8.42 Å². The van der Waals surface area contributed by atoms with Gasteiger partial charge in [-0.15, -0.1) is 0 Å². The minimum atomic E-state index is -3.48. The molecule has 0 spiro atoms. The average molecular weight is 404 g/mol. The molecule has 8 heteroatoms. The highest BCUT2D eigenvalue weighted by atomic mass is 32.2. The van der Waals surface area contributed by atoms with Crippen LogP contribution in [0.15, 0.2) is 50.8 Å². The summed E-state index contributed by atoms with van der Waals surface area (Å²) in [6.07, 6.45) is 5.38. The van der Waals surface area contributed by atoms with Crippen molar-refractivity contribution in [3.05, 3.63) is 42.2 Å². The topological polar surface area (TPSA) is 75.4 Å². The molecule has 0 N–H and O–H groups in total. The van der Waals surface area contributed by atoms with Gasteiger partial charge in [0.15, 0.2) is 0 Å². The Kier molecular flexibility index (Phi) is 5.79. The maximum absolute atomic E-state index is 12.7. The molecule has 2 aliphatic rings. The van der Waals surface area contributed by atoms with Crippen LogP contribution in [0.3, 0.4) is 0 Å². The van der Waals surface area contributed by atoms with Crippen LogP contribution in [0.4, 0.5) is 0 Å². The number of furan rings is 1. The molecule has 0 bridgehead atoms. The molecule has 0 atom stereocenters. The molecule has 0 amide bonds. The molecular formula is C20H25N3O4S. The molecule has 2 aromatic rings. The van der Waals surface area contributed by atoms with Gasteiger partial charge in [-0.1, -0.05) is 0 Å². The fourth-order valence-corrected chi connectivity index (χ4v) is 4.84. The molecule has 0 aliphatic carbocycles. The van der Waals surface area contributed by atoms with Crippen molar-refractivity contribution >= 4 is 16.2 Å². The first kappa shape index (κ1) is 19.2. The van der Waals surface area contributed by atoms with Gasteiger partial charge in [0.2, 0.25) is 10.0 Å². The first-order valence-electron chi connectivity index (χ1n) is 9.70. The van der Waals surface area contributed by atoms with E-state index in [1.807, 2.05) is 12.1 Å². The van der Waals surface area contributed by atoms with E-state index in [-0.39, 0.29) is 4.90 Å². The molecule has 150 valence electrons. The summed E-state index contributed by atoms with van der Waals surface area (Å²) in [5.74, 6) is 1.38. The lowest BCUT2D eigenvalue weighted by atomic mass is 10.2. The summed E-state index contributed by atoms with van der Waals surface area (Å²) in [6, 6.07) is 10.6. The van der Waals surface area contributed by atoms with E-state index in [4.69, 9.17) is 9.15 Å². The van der Waals surface area contributed by atoms with Gasteiger partial charge in [0.25, 0.3) is 0 Å². The highest BCUT2D eigenvalue weighted by Gasteiger charge is 2.26. The van der Waals surface area contributed by atoms with Crippen LogP contribution in [-0.4, -0.2) is 63.3 Å².